The van der Waals surface area contributed by atoms with Crippen molar-refractivity contribution in [2.45, 2.75) is 64.5 Å². The van der Waals surface area contributed by atoms with E-state index in [1.807, 2.05) is 0 Å². The Morgan fingerprint density at radius 3 is 2.07 bits per heavy atom. The maximum atomic E-state index is 3.73. The summed E-state index contributed by atoms with van der Waals surface area (Å²) in [5.74, 6) is 0.902. The van der Waals surface area contributed by atoms with Gasteiger partial charge >= 0.3 is 0 Å². The normalized spacial score (nSPS) is 26.4. The minimum atomic E-state index is 0.318. The molecule has 0 aromatic carbocycles. The Labute approximate surface area is 97.2 Å². The number of hydrogen-bond acceptors (Lipinski definition) is 1. The first-order valence-corrected chi connectivity index (χ1v) is 6.82. The van der Waals surface area contributed by atoms with Gasteiger partial charge in [-0.3, -0.25) is 0 Å². The Bertz CT molecular complexity index is 171. The Balaban J connectivity index is 2.53. The average molecular weight is 262 g/mol. The fraction of sp³-hybridized carbons (Fsp3) is 1.00. The lowest BCUT2D eigenvalue weighted by atomic mass is 9.74. The molecule has 0 bridgehead atoms. The van der Waals surface area contributed by atoms with E-state index >= 15 is 0 Å². The lowest BCUT2D eigenvalue weighted by Crippen LogP contribution is -2.57. The minimum absolute atomic E-state index is 0.318. The van der Waals surface area contributed by atoms with E-state index in [1.165, 1.54) is 25.7 Å². The molecule has 1 rings (SSSR count). The summed E-state index contributed by atoms with van der Waals surface area (Å²) in [6.07, 6.45) is 5.34. The molecule has 0 spiro atoms. The van der Waals surface area contributed by atoms with Crippen LogP contribution in [0.5, 0.6) is 0 Å². The van der Waals surface area contributed by atoms with Crippen LogP contribution in [0.15, 0.2) is 0 Å². The van der Waals surface area contributed by atoms with Crippen LogP contribution in [0.1, 0.15) is 53.4 Å². The largest absolute Gasteiger partial charge is 0.307 e. The third-order valence-corrected chi connectivity index (χ3v) is 3.58. The number of piperidine rings is 1. The molecule has 0 aromatic heterocycles. The van der Waals surface area contributed by atoms with Crippen LogP contribution >= 0.6 is 15.9 Å². The lowest BCUT2D eigenvalue weighted by molar-refractivity contribution is 0.123. The van der Waals surface area contributed by atoms with Gasteiger partial charge in [0.1, 0.15) is 0 Å². The number of alkyl halides is 1. The first-order chi connectivity index (χ1) is 6.35. The van der Waals surface area contributed by atoms with Gasteiger partial charge in [0, 0.05) is 16.4 Å². The standard InChI is InChI=1S/C12H24BrN/c1-11(2)8-10(6-5-7-13)9-12(3,4)14-11/h10,14H,5-9H2,1-4H3. The number of nitrogens with one attached hydrogen (secondary N) is 1. The smallest absolute Gasteiger partial charge is 0.0132 e. The highest BCUT2D eigenvalue weighted by Crippen LogP contribution is 2.35. The van der Waals surface area contributed by atoms with E-state index in [4.69, 9.17) is 0 Å². The molecule has 1 aliphatic heterocycles. The second kappa shape index (κ2) is 4.52. The number of halogens is 1. The van der Waals surface area contributed by atoms with Gasteiger partial charge < -0.3 is 5.32 Å². The summed E-state index contributed by atoms with van der Waals surface area (Å²) in [7, 11) is 0. The van der Waals surface area contributed by atoms with Gasteiger partial charge in [-0.2, -0.15) is 0 Å². The molecule has 1 saturated heterocycles. The fourth-order valence-electron chi connectivity index (χ4n) is 3.10. The van der Waals surface area contributed by atoms with E-state index in [0.29, 0.717) is 11.1 Å². The molecule has 1 N–H and O–H groups in total. The Kier molecular flexibility index (Phi) is 4.04. The van der Waals surface area contributed by atoms with E-state index in [2.05, 4.69) is 48.9 Å². The first kappa shape index (κ1) is 12.5. The van der Waals surface area contributed by atoms with Crippen molar-refractivity contribution in [2.24, 2.45) is 5.92 Å². The molecule has 1 aliphatic rings. The van der Waals surface area contributed by atoms with E-state index in [1.54, 1.807) is 0 Å². The van der Waals surface area contributed by atoms with Gasteiger partial charge in [0.25, 0.3) is 0 Å². The Morgan fingerprint density at radius 2 is 1.64 bits per heavy atom. The van der Waals surface area contributed by atoms with Gasteiger partial charge in [-0.1, -0.05) is 15.9 Å². The van der Waals surface area contributed by atoms with E-state index < -0.39 is 0 Å². The molecule has 0 aromatic rings. The molecule has 2 heteroatoms. The summed E-state index contributed by atoms with van der Waals surface area (Å²) < 4.78 is 0. The van der Waals surface area contributed by atoms with Gasteiger partial charge in [0.05, 0.1) is 0 Å². The highest BCUT2D eigenvalue weighted by Gasteiger charge is 2.36. The highest BCUT2D eigenvalue weighted by molar-refractivity contribution is 9.09. The van der Waals surface area contributed by atoms with Crippen LogP contribution in [0.25, 0.3) is 0 Å². The Morgan fingerprint density at radius 1 is 1.14 bits per heavy atom. The zero-order valence-electron chi connectivity index (χ0n) is 9.99. The molecule has 0 atom stereocenters. The van der Waals surface area contributed by atoms with Crippen molar-refractivity contribution in [2.75, 3.05) is 5.33 Å². The van der Waals surface area contributed by atoms with Crippen LogP contribution in [-0.4, -0.2) is 16.4 Å². The van der Waals surface area contributed by atoms with Crippen LogP contribution in [-0.2, 0) is 0 Å². The van der Waals surface area contributed by atoms with Crippen LogP contribution in [0.2, 0.25) is 0 Å². The van der Waals surface area contributed by atoms with Gasteiger partial charge in [-0.15, -0.1) is 0 Å². The molecular formula is C12H24BrN. The maximum Gasteiger partial charge on any atom is 0.0132 e. The van der Waals surface area contributed by atoms with Gasteiger partial charge in [-0.05, 0) is 59.3 Å². The van der Waals surface area contributed by atoms with E-state index in [-0.39, 0.29) is 0 Å². The molecule has 0 amide bonds. The van der Waals surface area contributed by atoms with Crippen LogP contribution in [0.4, 0.5) is 0 Å². The molecule has 14 heavy (non-hydrogen) atoms. The van der Waals surface area contributed by atoms with Gasteiger partial charge in [0.2, 0.25) is 0 Å². The topological polar surface area (TPSA) is 12.0 Å². The third kappa shape index (κ3) is 3.90. The molecular weight excluding hydrogens is 238 g/mol. The minimum Gasteiger partial charge on any atom is -0.307 e. The molecule has 0 aliphatic carbocycles. The molecule has 1 heterocycles. The predicted molar refractivity (Wildman–Crippen MR) is 67.0 cm³/mol. The molecule has 0 radical (unpaired) electrons. The average Bonchev–Trinajstić information content (AvgIpc) is 1.94. The van der Waals surface area contributed by atoms with Crippen molar-refractivity contribution in [1.82, 2.24) is 5.32 Å². The lowest BCUT2D eigenvalue weighted by Gasteiger charge is -2.46. The Hall–Kier alpha value is 0.440. The highest BCUT2D eigenvalue weighted by atomic mass is 79.9. The fourth-order valence-corrected chi connectivity index (χ4v) is 3.43. The van der Waals surface area contributed by atoms with E-state index in [0.717, 1.165) is 11.2 Å². The van der Waals surface area contributed by atoms with Crippen LogP contribution < -0.4 is 5.32 Å². The monoisotopic (exact) mass is 261 g/mol. The summed E-state index contributed by atoms with van der Waals surface area (Å²) in [5, 5.41) is 4.88. The number of hydrogen-bond donors (Lipinski definition) is 1. The van der Waals surface area contributed by atoms with Crippen LogP contribution in [0, 0.1) is 5.92 Å². The molecule has 84 valence electrons. The maximum absolute atomic E-state index is 3.73. The second-order valence-electron chi connectivity index (χ2n) is 6.00. The molecule has 0 saturated carbocycles. The SMILES string of the molecule is CC1(C)CC(CCCBr)CC(C)(C)N1. The van der Waals surface area contributed by atoms with Crippen molar-refractivity contribution in [1.29, 1.82) is 0 Å². The van der Waals surface area contributed by atoms with Crippen molar-refractivity contribution < 1.29 is 0 Å². The second-order valence-corrected chi connectivity index (χ2v) is 6.79. The van der Waals surface area contributed by atoms with Gasteiger partial charge in [0.15, 0.2) is 0 Å². The van der Waals surface area contributed by atoms with Gasteiger partial charge in [-0.25, -0.2) is 0 Å². The number of rotatable bonds is 3. The van der Waals surface area contributed by atoms with Crippen LogP contribution in [0.3, 0.4) is 0 Å². The molecule has 0 unspecified atom stereocenters. The quantitative estimate of drug-likeness (QED) is 0.764. The van der Waals surface area contributed by atoms with Crippen molar-refractivity contribution in [3.8, 4) is 0 Å². The van der Waals surface area contributed by atoms with Crippen molar-refractivity contribution in [3.63, 3.8) is 0 Å². The summed E-state index contributed by atoms with van der Waals surface area (Å²) in [5.41, 5.74) is 0.636. The summed E-state index contributed by atoms with van der Waals surface area (Å²) in [4.78, 5) is 0. The van der Waals surface area contributed by atoms with Crippen molar-refractivity contribution >= 4 is 15.9 Å². The zero-order valence-corrected chi connectivity index (χ0v) is 11.6. The summed E-state index contributed by atoms with van der Waals surface area (Å²) in [6.45, 7) is 9.31. The van der Waals surface area contributed by atoms with E-state index in [9.17, 15) is 0 Å². The molecule has 1 fully saturated rings. The first-order valence-electron chi connectivity index (χ1n) is 5.70. The molecule has 1 nitrogen and oxygen atoms in total. The third-order valence-electron chi connectivity index (χ3n) is 3.02. The van der Waals surface area contributed by atoms with Crippen molar-refractivity contribution in [3.05, 3.63) is 0 Å². The predicted octanol–water partition coefficient (Wildman–Crippen LogP) is 3.72. The summed E-state index contributed by atoms with van der Waals surface area (Å²) in [6, 6.07) is 0. The summed E-state index contributed by atoms with van der Waals surface area (Å²) >= 11 is 3.52. The zero-order chi connectivity index (χ0) is 10.8.